The molecule has 0 N–H and O–H groups in total. The third-order valence-corrected chi connectivity index (χ3v) is 2.78. The summed E-state index contributed by atoms with van der Waals surface area (Å²) in [6.07, 6.45) is 1.98. The number of rotatable bonds is 3. The molecule has 0 unspecified atom stereocenters. The zero-order valence-electron chi connectivity index (χ0n) is 11.1. The quantitative estimate of drug-likeness (QED) is 0.777. The summed E-state index contributed by atoms with van der Waals surface area (Å²) in [4.78, 5) is 4.61. The molecule has 4 nitrogen and oxygen atoms in total. The largest absolute Gasteiger partial charge is 0.494 e. The Balaban J connectivity index is 2.41. The molecule has 0 aliphatic rings. The normalized spacial score (nSPS) is 11.7. The van der Waals surface area contributed by atoms with Crippen molar-refractivity contribution < 1.29 is 4.74 Å². The molecule has 18 heavy (non-hydrogen) atoms. The number of nitrogens with zero attached hydrogens (tertiary/aromatic N) is 3. The molecule has 0 amide bonds. The molecule has 0 saturated carbocycles. The lowest BCUT2D eigenvalue weighted by atomic mass is 10.2. The maximum absolute atomic E-state index is 5.29. The fourth-order valence-electron chi connectivity index (χ4n) is 1.92. The number of ether oxygens (including phenoxy) is 1. The highest BCUT2D eigenvalue weighted by atomic mass is 16.5. The van der Waals surface area contributed by atoms with Crippen LogP contribution >= 0.6 is 0 Å². The molecule has 0 aliphatic carbocycles. The Bertz CT molecular complexity index is 584. The lowest BCUT2D eigenvalue weighted by Crippen LogP contribution is -1.95. The number of methoxy groups -OCH3 is 1. The number of hydrogen-bond acceptors (Lipinski definition) is 3. The lowest BCUT2D eigenvalue weighted by molar-refractivity contribution is 0.416. The van der Waals surface area contributed by atoms with Crippen molar-refractivity contribution in [1.29, 1.82) is 0 Å². The molecule has 2 aromatic rings. The van der Waals surface area contributed by atoms with Gasteiger partial charge in [-0.1, -0.05) is 12.1 Å². The molecular formula is C14H17N3O. The molecule has 0 spiro atoms. The fourth-order valence-corrected chi connectivity index (χ4v) is 1.92. The van der Waals surface area contributed by atoms with Gasteiger partial charge in [-0.05, 0) is 26.0 Å². The van der Waals surface area contributed by atoms with Crippen molar-refractivity contribution in [3.8, 4) is 5.75 Å². The van der Waals surface area contributed by atoms with Crippen LogP contribution in [0.25, 0.3) is 0 Å². The van der Waals surface area contributed by atoms with Crippen molar-refractivity contribution in [1.82, 2.24) is 9.78 Å². The second kappa shape index (κ2) is 5.04. The first-order valence-corrected chi connectivity index (χ1v) is 5.80. The summed E-state index contributed by atoms with van der Waals surface area (Å²) in [7, 11) is 3.56. The molecule has 2 rings (SSSR count). The van der Waals surface area contributed by atoms with Gasteiger partial charge in [0.25, 0.3) is 0 Å². The van der Waals surface area contributed by atoms with Gasteiger partial charge in [0, 0.05) is 24.5 Å². The molecule has 0 saturated heterocycles. The Hall–Kier alpha value is -2.10. The van der Waals surface area contributed by atoms with Gasteiger partial charge < -0.3 is 4.74 Å². The molecule has 4 heteroatoms. The number of hydrogen-bond donors (Lipinski definition) is 0. The topological polar surface area (TPSA) is 39.4 Å². The third kappa shape index (κ3) is 2.42. The van der Waals surface area contributed by atoms with Gasteiger partial charge in [0.1, 0.15) is 11.4 Å². The fraction of sp³-hybridized carbons (Fsp3) is 0.286. The van der Waals surface area contributed by atoms with E-state index in [1.54, 1.807) is 11.8 Å². The molecule has 0 aliphatic heterocycles. The zero-order chi connectivity index (χ0) is 13.1. The minimum atomic E-state index is 0.776. The van der Waals surface area contributed by atoms with Crippen LogP contribution in [0, 0.1) is 6.92 Å². The van der Waals surface area contributed by atoms with Gasteiger partial charge >= 0.3 is 0 Å². The summed E-state index contributed by atoms with van der Waals surface area (Å²) in [5, 5.41) is 4.32. The van der Waals surface area contributed by atoms with Crippen LogP contribution in [0.3, 0.4) is 0 Å². The van der Waals surface area contributed by atoms with E-state index >= 15 is 0 Å². The molecule has 1 aromatic heterocycles. The van der Waals surface area contributed by atoms with E-state index in [2.05, 4.69) is 10.1 Å². The van der Waals surface area contributed by atoms with E-state index in [0.717, 1.165) is 28.4 Å². The molecule has 1 heterocycles. The van der Waals surface area contributed by atoms with Crippen LogP contribution in [0.1, 0.15) is 18.2 Å². The van der Waals surface area contributed by atoms with Crippen LogP contribution in [-0.2, 0) is 7.05 Å². The van der Waals surface area contributed by atoms with E-state index in [9.17, 15) is 0 Å². The first-order chi connectivity index (χ1) is 8.61. The minimum absolute atomic E-state index is 0.776. The molecule has 0 bridgehead atoms. The lowest BCUT2D eigenvalue weighted by Gasteiger charge is -2.04. The Labute approximate surface area is 107 Å². The van der Waals surface area contributed by atoms with Crippen LogP contribution in [0.2, 0.25) is 0 Å². The first-order valence-electron chi connectivity index (χ1n) is 5.80. The van der Waals surface area contributed by atoms with Gasteiger partial charge in [0.2, 0.25) is 0 Å². The van der Waals surface area contributed by atoms with E-state index in [1.807, 2.05) is 51.4 Å². The van der Waals surface area contributed by atoms with Crippen LogP contribution < -0.4 is 4.74 Å². The Morgan fingerprint density at radius 1 is 1.33 bits per heavy atom. The number of aromatic nitrogens is 2. The Morgan fingerprint density at radius 3 is 2.67 bits per heavy atom. The summed E-state index contributed by atoms with van der Waals surface area (Å²) in [5.74, 6) is 0.776. The summed E-state index contributed by atoms with van der Waals surface area (Å²) in [6, 6.07) is 7.73. The second-order valence-electron chi connectivity index (χ2n) is 4.17. The zero-order valence-corrected chi connectivity index (χ0v) is 11.1. The van der Waals surface area contributed by atoms with E-state index in [1.165, 1.54) is 0 Å². The Morgan fingerprint density at radius 2 is 2.06 bits per heavy atom. The second-order valence-corrected chi connectivity index (χ2v) is 4.17. The van der Waals surface area contributed by atoms with Crippen LogP contribution in [0.4, 0.5) is 5.69 Å². The smallest absolute Gasteiger partial charge is 0.144 e. The third-order valence-electron chi connectivity index (χ3n) is 2.78. The predicted molar refractivity (Wildman–Crippen MR) is 72.8 cm³/mol. The van der Waals surface area contributed by atoms with Crippen molar-refractivity contribution in [2.75, 3.05) is 7.11 Å². The van der Waals surface area contributed by atoms with Crippen molar-refractivity contribution in [2.45, 2.75) is 13.8 Å². The Kier molecular flexibility index (Phi) is 3.46. The summed E-state index contributed by atoms with van der Waals surface area (Å²) >= 11 is 0. The van der Waals surface area contributed by atoms with Crippen molar-refractivity contribution >= 4 is 11.4 Å². The minimum Gasteiger partial charge on any atom is -0.494 e. The van der Waals surface area contributed by atoms with E-state index in [4.69, 9.17) is 4.74 Å². The van der Waals surface area contributed by atoms with E-state index in [-0.39, 0.29) is 0 Å². The van der Waals surface area contributed by atoms with E-state index < -0.39 is 0 Å². The van der Waals surface area contributed by atoms with Crippen LogP contribution in [-0.4, -0.2) is 22.6 Å². The van der Waals surface area contributed by atoms with Crippen LogP contribution in [0.5, 0.6) is 5.75 Å². The number of para-hydroxylation sites is 2. The van der Waals surface area contributed by atoms with Gasteiger partial charge in [-0.25, -0.2) is 4.99 Å². The number of aliphatic imine (C=N–C) groups is 1. The van der Waals surface area contributed by atoms with Crippen molar-refractivity contribution in [3.63, 3.8) is 0 Å². The average molecular weight is 243 g/mol. The monoisotopic (exact) mass is 243 g/mol. The van der Waals surface area contributed by atoms with Crippen molar-refractivity contribution in [2.24, 2.45) is 12.0 Å². The maximum atomic E-state index is 5.29. The summed E-state index contributed by atoms with van der Waals surface area (Å²) in [5.41, 5.74) is 3.81. The van der Waals surface area contributed by atoms with Gasteiger partial charge in [-0.3, -0.25) is 4.68 Å². The highest BCUT2D eigenvalue weighted by Gasteiger charge is 2.07. The van der Waals surface area contributed by atoms with Crippen molar-refractivity contribution in [3.05, 3.63) is 41.7 Å². The van der Waals surface area contributed by atoms with Crippen LogP contribution in [0.15, 0.2) is 35.5 Å². The van der Waals surface area contributed by atoms with Gasteiger partial charge in [0.15, 0.2) is 0 Å². The molecular weight excluding hydrogens is 226 g/mol. The standard InChI is InChI=1S/C14H17N3O/c1-10(12-9-17(3)16-11(12)2)15-13-7-5-6-8-14(13)18-4/h5-9H,1-4H3. The molecule has 0 radical (unpaired) electrons. The first kappa shape index (κ1) is 12.4. The summed E-state index contributed by atoms with van der Waals surface area (Å²) in [6.45, 7) is 3.97. The molecule has 0 atom stereocenters. The summed E-state index contributed by atoms with van der Waals surface area (Å²) < 4.78 is 7.09. The number of aryl methyl sites for hydroxylation is 2. The molecule has 1 aromatic carbocycles. The van der Waals surface area contributed by atoms with Gasteiger partial charge in [-0.15, -0.1) is 0 Å². The number of benzene rings is 1. The van der Waals surface area contributed by atoms with E-state index in [0.29, 0.717) is 0 Å². The highest BCUT2D eigenvalue weighted by molar-refractivity contribution is 6.01. The maximum Gasteiger partial charge on any atom is 0.144 e. The highest BCUT2D eigenvalue weighted by Crippen LogP contribution is 2.27. The average Bonchev–Trinajstić information content (AvgIpc) is 2.69. The molecule has 94 valence electrons. The molecule has 0 fully saturated rings. The SMILES string of the molecule is COc1ccccc1N=C(C)c1cn(C)nc1C. The van der Waals surface area contributed by atoms with Gasteiger partial charge in [-0.2, -0.15) is 5.10 Å². The van der Waals surface area contributed by atoms with Gasteiger partial charge in [0.05, 0.1) is 12.8 Å². The predicted octanol–water partition coefficient (Wildman–Crippen LogP) is 2.88.